The quantitative estimate of drug-likeness (QED) is 0.788. The van der Waals surface area contributed by atoms with Crippen LogP contribution in [0.4, 0.5) is 0 Å². The Balaban J connectivity index is 1.42. The van der Waals surface area contributed by atoms with Crippen LogP contribution in [0.3, 0.4) is 0 Å². The van der Waals surface area contributed by atoms with E-state index in [9.17, 15) is 4.79 Å². The summed E-state index contributed by atoms with van der Waals surface area (Å²) in [6, 6.07) is 2.24. The monoisotopic (exact) mass is 346 g/mol. The van der Waals surface area contributed by atoms with Crippen LogP contribution in [0.5, 0.6) is 0 Å². The first kappa shape index (κ1) is 17.0. The molecule has 0 aromatic carbocycles. The summed E-state index contributed by atoms with van der Waals surface area (Å²) in [5.41, 5.74) is 2.45. The fraction of sp³-hybridized carbons (Fsp3) is 0.789. The van der Waals surface area contributed by atoms with Gasteiger partial charge in [0.25, 0.3) is 0 Å². The average molecular weight is 346 g/mol. The molecule has 0 bridgehead atoms. The maximum Gasteiger partial charge on any atom is 0.236 e. The van der Waals surface area contributed by atoms with Gasteiger partial charge in [-0.2, -0.15) is 5.10 Å². The topological polar surface area (TPSA) is 50.6 Å². The Labute approximate surface area is 150 Å². The number of fused-ring (bicyclic) bond motifs is 1. The summed E-state index contributed by atoms with van der Waals surface area (Å²) in [6.45, 7) is 5.81. The molecule has 1 unspecified atom stereocenters. The molecule has 4 heterocycles. The van der Waals surface area contributed by atoms with Crippen molar-refractivity contribution in [2.24, 2.45) is 0 Å². The van der Waals surface area contributed by atoms with E-state index in [0.29, 0.717) is 6.54 Å². The SMILES string of the molecule is O=C(CN(Cc1cc2n(n1)CCCC2)CC1CCCO1)N1CCCC1. The summed E-state index contributed by atoms with van der Waals surface area (Å²) in [6.07, 6.45) is 8.41. The molecule has 1 amide bonds. The number of amides is 1. The van der Waals surface area contributed by atoms with Crippen molar-refractivity contribution in [3.05, 3.63) is 17.5 Å². The fourth-order valence-electron chi connectivity index (χ4n) is 4.30. The molecule has 3 aliphatic rings. The van der Waals surface area contributed by atoms with Crippen molar-refractivity contribution in [3.63, 3.8) is 0 Å². The number of hydrogen-bond donors (Lipinski definition) is 0. The Bertz CT molecular complexity index is 565. The number of rotatable bonds is 6. The van der Waals surface area contributed by atoms with Gasteiger partial charge in [-0.1, -0.05) is 0 Å². The van der Waals surface area contributed by atoms with Crippen LogP contribution < -0.4 is 0 Å². The van der Waals surface area contributed by atoms with Crippen molar-refractivity contribution in [1.29, 1.82) is 0 Å². The summed E-state index contributed by atoms with van der Waals surface area (Å²) in [5.74, 6) is 0.263. The lowest BCUT2D eigenvalue weighted by Crippen LogP contribution is -2.41. The van der Waals surface area contributed by atoms with Crippen LogP contribution in [0.2, 0.25) is 0 Å². The predicted octanol–water partition coefficient (Wildman–Crippen LogP) is 1.82. The summed E-state index contributed by atoms with van der Waals surface area (Å²) < 4.78 is 7.98. The van der Waals surface area contributed by atoms with Crippen LogP contribution >= 0.6 is 0 Å². The molecule has 0 aliphatic carbocycles. The second-order valence-corrected chi connectivity index (χ2v) is 7.70. The first-order chi connectivity index (χ1) is 12.3. The lowest BCUT2D eigenvalue weighted by molar-refractivity contribution is -0.131. The van der Waals surface area contributed by atoms with Crippen LogP contribution in [0.15, 0.2) is 6.07 Å². The normalized spacial score (nSPS) is 23.4. The van der Waals surface area contributed by atoms with Gasteiger partial charge >= 0.3 is 0 Å². The molecule has 0 radical (unpaired) electrons. The molecule has 1 aromatic rings. The number of aromatic nitrogens is 2. The fourth-order valence-corrected chi connectivity index (χ4v) is 4.30. The molecular formula is C19H30N4O2. The first-order valence-electron chi connectivity index (χ1n) is 9.95. The van der Waals surface area contributed by atoms with Gasteiger partial charge in [-0.3, -0.25) is 14.4 Å². The van der Waals surface area contributed by atoms with Crippen molar-refractivity contribution >= 4 is 5.91 Å². The molecule has 6 heteroatoms. The highest BCUT2D eigenvalue weighted by Gasteiger charge is 2.25. The minimum Gasteiger partial charge on any atom is -0.377 e. The largest absolute Gasteiger partial charge is 0.377 e. The Morgan fingerprint density at radius 1 is 1.20 bits per heavy atom. The highest BCUT2D eigenvalue weighted by Crippen LogP contribution is 2.19. The number of hydrogen-bond acceptors (Lipinski definition) is 4. The van der Waals surface area contributed by atoms with E-state index < -0.39 is 0 Å². The summed E-state index contributed by atoms with van der Waals surface area (Å²) >= 11 is 0. The maximum atomic E-state index is 12.6. The first-order valence-corrected chi connectivity index (χ1v) is 9.95. The number of ether oxygens (including phenoxy) is 1. The summed E-state index contributed by atoms with van der Waals surface area (Å²) in [7, 11) is 0. The molecule has 138 valence electrons. The lowest BCUT2D eigenvalue weighted by Gasteiger charge is -2.26. The smallest absolute Gasteiger partial charge is 0.236 e. The van der Waals surface area contributed by atoms with Gasteiger partial charge in [-0.15, -0.1) is 0 Å². The van der Waals surface area contributed by atoms with Gasteiger partial charge in [0.1, 0.15) is 0 Å². The van der Waals surface area contributed by atoms with E-state index in [1.54, 1.807) is 0 Å². The predicted molar refractivity (Wildman–Crippen MR) is 95.2 cm³/mol. The Morgan fingerprint density at radius 3 is 2.80 bits per heavy atom. The zero-order valence-electron chi connectivity index (χ0n) is 15.2. The minimum absolute atomic E-state index is 0.263. The van der Waals surface area contributed by atoms with Gasteiger partial charge in [-0.05, 0) is 51.0 Å². The molecule has 4 rings (SSSR count). The van der Waals surface area contributed by atoms with E-state index in [-0.39, 0.29) is 12.0 Å². The molecule has 3 aliphatic heterocycles. The van der Waals surface area contributed by atoms with Crippen molar-refractivity contribution < 1.29 is 9.53 Å². The van der Waals surface area contributed by atoms with Gasteiger partial charge in [0.05, 0.1) is 18.3 Å². The van der Waals surface area contributed by atoms with Gasteiger partial charge < -0.3 is 9.64 Å². The van der Waals surface area contributed by atoms with E-state index in [4.69, 9.17) is 9.84 Å². The highest BCUT2D eigenvalue weighted by atomic mass is 16.5. The van der Waals surface area contributed by atoms with Gasteiger partial charge in [0.2, 0.25) is 5.91 Å². The highest BCUT2D eigenvalue weighted by molar-refractivity contribution is 5.78. The molecular weight excluding hydrogens is 316 g/mol. The Kier molecular flexibility index (Phi) is 5.36. The second-order valence-electron chi connectivity index (χ2n) is 7.70. The molecule has 25 heavy (non-hydrogen) atoms. The molecule has 2 fully saturated rings. The molecule has 0 spiro atoms. The summed E-state index contributed by atoms with van der Waals surface area (Å²) in [5, 5.41) is 4.78. The third-order valence-corrected chi connectivity index (χ3v) is 5.66. The maximum absolute atomic E-state index is 12.6. The number of carbonyl (C=O) groups is 1. The van der Waals surface area contributed by atoms with Crippen LogP contribution in [0.1, 0.15) is 49.9 Å². The van der Waals surface area contributed by atoms with Gasteiger partial charge in [0, 0.05) is 45.0 Å². The molecule has 1 atom stereocenters. The number of nitrogens with zero attached hydrogens (tertiary/aromatic N) is 4. The van der Waals surface area contributed by atoms with E-state index >= 15 is 0 Å². The number of likely N-dealkylation sites (tertiary alicyclic amines) is 1. The standard InChI is InChI=1S/C19H30N4O2/c24-19(22-8-3-4-9-22)15-21(14-18-7-5-11-25-18)13-16-12-17-6-1-2-10-23(17)20-16/h12,18H,1-11,13-15H2. The van der Waals surface area contributed by atoms with Crippen molar-refractivity contribution in [3.8, 4) is 0 Å². The van der Waals surface area contributed by atoms with Gasteiger partial charge in [-0.25, -0.2) is 0 Å². The van der Waals surface area contributed by atoms with E-state index in [1.165, 1.54) is 18.5 Å². The molecule has 2 saturated heterocycles. The van der Waals surface area contributed by atoms with Gasteiger partial charge in [0.15, 0.2) is 0 Å². The van der Waals surface area contributed by atoms with Crippen molar-refractivity contribution in [2.75, 3.05) is 32.8 Å². The van der Waals surface area contributed by atoms with E-state index in [0.717, 1.165) is 77.1 Å². The number of aryl methyl sites for hydroxylation is 2. The molecule has 0 saturated carbocycles. The zero-order chi connectivity index (χ0) is 17.1. The third-order valence-electron chi connectivity index (χ3n) is 5.66. The van der Waals surface area contributed by atoms with Crippen LogP contribution in [0, 0.1) is 0 Å². The Morgan fingerprint density at radius 2 is 2.04 bits per heavy atom. The average Bonchev–Trinajstić information content (AvgIpc) is 3.36. The minimum atomic E-state index is 0.263. The van der Waals surface area contributed by atoms with E-state index in [2.05, 4.69) is 15.6 Å². The van der Waals surface area contributed by atoms with Crippen LogP contribution in [-0.2, 0) is 29.0 Å². The van der Waals surface area contributed by atoms with Crippen LogP contribution in [0.25, 0.3) is 0 Å². The number of carbonyl (C=O) groups excluding carboxylic acids is 1. The summed E-state index contributed by atoms with van der Waals surface area (Å²) in [4.78, 5) is 16.9. The molecule has 1 aromatic heterocycles. The van der Waals surface area contributed by atoms with Crippen molar-refractivity contribution in [2.45, 2.75) is 64.1 Å². The zero-order valence-corrected chi connectivity index (χ0v) is 15.2. The third kappa shape index (κ3) is 4.23. The molecule has 0 N–H and O–H groups in total. The molecule has 6 nitrogen and oxygen atoms in total. The van der Waals surface area contributed by atoms with Crippen LogP contribution in [-0.4, -0.2) is 64.4 Å². The second kappa shape index (κ2) is 7.87. The lowest BCUT2D eigenvalue weighted by atomic mass is 10.1. The van der Waals surface area contributed by atoms with Crippen molar-refractivity contribution in [1.82, 2.24) is 19.6 Å². The van der Waals surface area contributed by atoms with E-state index in [1.807, 2.05) is 4.90 Å². The Hall–Kier alpha value is -1.40.